The van der Waals surface area contributed by atoms with Crippen molar-refractivity contribution < 1.29 is 4.74 Å². The van der Waals surface area contributed by atoms with Gasteiger partial charge >= 0.3 is 0 Å². The largest absolute Gasteiger partial charge is 0.377 e. The maximum absolute atomic E-state index is 5.66. The van der Waals surface area contributed by atoms with E-state index in [1.165, 1.54) is 22.3 Å². The number of ether oxygens (including phenoxy) is 1. The third kappa shape index (κ3) is 3.28. The second-order valence-corrected chi connectivity index (χ2v) is 4.60. The molecule has 0 saturated carbocycles. The van der Waals surface area contributed by atoms with Gasteiger partial charge in [-0.3, -0.25) is 11.3 Å². The highest BCUT2D eigenvalue weighted by Crippen LogP contribution is 2.25. The average molecular weight is 236 g/mol. The number of benzene rings is 1. The summed E-state index contributed by atoms with van der Waals surface area (Å²) in [5, 5.41) is 0. The summed E-state index contributed by atoms with van der Waals surface area (Å²) in [5.41, 5.74) is 7.93. The molecule has 0 saturated heterocycles. The van der Waals surface area contributed by atoms with E-state index in [9.17, 15) is 0 Å². The topological polar surface area (TPSA) is 47.3 Å². The van der Waals surface area contributed by atoms with Gasteiger partial charge in [-0.25, -0.2) is 0 Å². The third-order valence-corrected chi connectivity index (χ3v) is 3.30. The monoisotopic (exact) mass is 236 g/mol. The van der Waals surface area contributed by atoms with E-state index in [4.69, 9.17) is 10.6 Å². The van der Waals surface area contributed by atoms with Gasteiger partial charge in [0.25, 0.3) is 0 Å². The Labute approximate surface area is 104 Å². The molecule has 0 bridgehead atoms. The highest BCUT2D eigenvalue weighted by atomic mass is 16.5. The zero-order chi connectivity index (χ0) is 13.0. The first-order valence-electron chi connectivity index (χ1n) is 6.16. The van der Waals surface area contributed by atoms with Gasteiger partial charge in [0, 0.05) is 6.61 Å². The summed E-state index contributed by atoms with van der Waals surface area (Å²) in [6, 6.07) is 4.44. The van der Waals surface area contributed by atoms with Crippen LogP contribution in [0.5, 0.6) is 0 Å². The number of hydrogen-bond acceptors (Lipinski definition) is 3. The van der Waals surface area contributed by atoms with Crippen LogP contribution in [0.1, 0.15) is 42.1 Å². The number of hydrogen-bond donors (Lipinski definition) is 2. The Kier molecular flexibility index (Phi) is 5.12. The Hall–Kier alpha value is -0.900. The molecule has 0 aliphatic heterocycles. The van der Waals surface area contributed by atoms with Crippen LogP contribution >= 0.6 is 0 Å². The van der Waals surface area contributed by atoms with Gasteiger partial charge in [-0.2, -0.15) is 0 Å². The smallest absolute Gasteiger partial charge is 0.0754 e. The van der Waals surface area contributed by atoms with E-state index in [1.54, 1.807) is 0 Å². The van der Waals surface area contributed by atoms with Crippen LogP contribution in [-0.2, 0) is 4.74 Å². The molecule has 3 heteroatoms. The van der Waals surface area contributed by atoms with Crippen LogP contribution in [-0.4, -0.2) is 12.7 Å². The summed E-state index contributed by atoms with van der Waals surface area (Å²) >= 11 is 0. The van der Waals surface area contributed by atoms with E-state index < -0.39 is 0 Å². The molecule has 0 spiro atoms. The molecular formula is C14H24N2O. The quantitative estimate of drug-likeness (QED) is 0.610. The first-order chi connectivity index (χ1) is 8.01. The van der Waals surface area contributed by atoms with E-state index in [2.05, 4.69) is 38.3 Å². The first kappa shape index (κ1) is 14.2. The van der Waals surface area contributed by atoms with Crippen molar-refractivity contribution in [2.24, 2.45) is 5.84 Å². The minimum absolute atomic E-state index is 0.0363. The summed E-state index contributed by atoms with van der Waals surface area (Å²) in [7, 11) is 0. The van der Waals surface area contributed by atoms with Gasteiger partial charge in [-0.15, -0.1) is 0 Å². The van der Waals surface area contributed by atoms with Crippen LogP contribution < -0.4 is 11.3 Å². The summed E-state index contributed by atoms with van der Waals surface area (Å²) in [4.78, 5) is 0. The molecule has 1 aromatic rings. The molecule has 3 nitrogen and oxygen atoms in total. The number of nitrogens with one attached hydrogen (secondary N) is 1. The summed E-state index contributed by atoms with van der Waals surface area (Å²) < 4.78 is 5.63. The van der Waals surface area contributed by atoms with Gasteiger partial charge in [0.05, 0.1) is 12.1 Å². The first-order valence-corrected chi connectivity index (χ1v) is 6.16. The second-order valence-electron chi connectivity index (χ2n) is 4.60. The molecule has 2 unspecified atom stereocenters. The summed E-state index contributed by atoms with van der Waals surface area (Å²) in [5.74, 6) is 5.66. The standard InChI is InChI=1S/C14H24N2O/c1-6-17-12(5)14(16-15)13-8-10(3)9(2)7-11(13)4/h7-8,12,14,16H,6,15H2,1-5H3. The zero-order valence-electron chi connectivity index (χ0n) is 11.5. The number of aryl methyl sites for hydroxylation is 3. The molecule has 1 rings (SSSR count). The molecular weight excluding hydrogens is 212 g/mol. The number of nitrogens with two attached hydrogens (primary N) is 1. The van der Waals surface area contributed by atoms with E-state index in [-0.39, 0.29) is 12.1 Å². The lowest BCUT2D eigenvalue weighted by molar-refractivity contribution is 0.0471. The van der Waals surface area contributed by atoms with Crippen molar-refractivity contribution in [3.8, 4) is 0 Å². The molecule has 0 radical (unpaired) electrons. The SMILES string of the molecule is CCOC(C)C(NN)c1cc(C)c(C)cc1C. The van der Waals surface area contributed by atoms with Crippen molar-refractivity contribution in [3.63, 3.8) is 0 Å². The summed E-state index contributed by atoms with van der Waals surface area (Å²) in [6.07, 6.45) is 0.0609. The normalized spacial score (nSPS) is 14.7. The Morgan fingerprint density at radius 1 is 1.18 bits per heavy atom. The molecule has 1 aromatic carbocycles. The maximum Gasteiger partial charge on any atom is 0.0754 e. The van der Waals surface area contributed by atoms with Crippen LogP contribution in [0.25, 0.3) is 0 Å². The number of rotatable bonds is 5. The Bertz CT molecular complexity index is 377. The van der Waals surface area contributed by atoms with Crippen molar-refractivity contribution in [3.05, 3.63) is 34.4 Å². The Morgan fingerprint density at radius 2 is 1.76 bits per heavy atom. The van der Waals surface area contributed by atoms with Crippen molar-refractivity contribution in [2.75, 3.05) is 6.61 Å². The minimum atomic E-state index is 0.0363. The highest BCUT2D eigenvalue weighted by Gasteiger charge is 2.20. The lowest BCUT2D eigenvalue weighted by atomic mass is 9.93. The Morgan fingerprint density at radius 3 is 2.29 bits per heavy atom. The molecule has 17 heavy (non-hydrogen) atoms. The van der Waals surface area contributed by atoms with Gasteiger partial charge < -0.3 is 4.74 Å². The van der Waals surface area contributed by atoms with Gasteiger partial charge in [0.2, 0.25) is 0 Å². The molecule has 2 atom stereocenters. The lowest BCUT2D eigenvalue weighted by Crippen LogP contribution is -2.37. The van der Waals surface area contributed by atoms with Crippen LogP contribution in [0.3, 0.4) is 0 Å². The summed E-state index contributed by atoms with van der Waals surface area (Å²) in [6.45, 7) is 11.1. The fourth-order valence-electron chi connectivity index (χ4n) is 2.16. The molecule has 0 fully saturated rings. The predicted molar refractivity (Wildman–Crippen MR) is 71.8 cm³/mol. The zero-order valence-corrected chi connectivity index (χ0v) is 11.5. The van der Waals surface area contributed by atoms with E-state index in [1.807, 2.05) is 13.8 Å². The fourth-order valence-corrected chi connectivity index (χ4v) is 2.16. The van der Waals surface area contributed by atoms with Gasteiger partial charge in [0.1, 0.15) is 0 Å². The van der Waals surface area contributed by atoms with Crippen molar-refractivity contribution >= 4 is 0 Å². The third-order valence-electron chi connectivity index (χ3n) is 3.30. The van der Waals surface area contributed by atoms with Crippen LogP contribution in [0.4, 0.5) is 0 Å². The van der Waals surface area contributed by atoms with Crippen molar-refractivity contribution in [2.45, 2.75) is 46.8 Å². The van der Waals surface area contributed by atoms with Crippen LogP contribution in [0.2, 0.25) is 0 Å². The maximum atomic E-state index is 5.66. The average Bonchev–Trinajstić information content (AvgIpc) is 2.26. The predicted octanol–water partition coefficient (Wildman–Crippen LogP) is 2.54. The van der Waals surface area contributed by atoms with Gasteiger partial charge in [-0.1, -0.05) is 12.1 Å². The molecule has 3 N–H and O–H groups in total. The molecule has 0 aromatic heterocycles. The lowest BCUT2D eigenvalue weighted by Gasteiger charge is -2.25. The van der Waals surface area contributed by atoms with Crippen molar-refractivity contribution in [1.29, 1.82) is 0 Å². The molecule has 0 aliphatic rings. The van der Waals surface area contributed by atoms with Crippen LogP contribution in [0, 0.1) is 20.8 Å². The van der Waals surface area contributed by atoms with E-state index in [0.29, 0.717) is 6.61 Å². The van der Waals surface area contributed by atoms with Gasteiger partial charge in [-0.05, 0) is 56.9 Å². The van der Waals surface area contributed by atoms with Crippen molar-refractivity contribution in [1.82, 2.24) is 5.43 Å². The van der Waals surface area contributed by atoms with Gasteiger partial charge in [0.15, 0.2) is 0 Å². The molecule has 0 heterocycles. The van der Waals surface area contributed by atoms with Crippen LogP contribution in [0.15, 0.2) is 12.1 Å². The van der Waals surface area contributed by atoms with E-state index in [0.717, 1.165) is 0 Å². The fraction of sp³-hybridized carbons (Fsp3) is 0.571. The molecule has 96 valence electrons. The number of hydrazine groups is 1. The van der Waals surface area contributed by atoms with E-state index >= 15 is 0 Å². The Balaban J connectivity index is 3.07. The second kappa shape index (κ2) is 6.15. The highest BCUT2D eigenvalue weighted by molar-refractivity contribution is 5.38. The molecule has 0 amide bonds. The molecule has 0 aliphatic carbocycles. The minimum Gasteiger partial charge on any atom is -0.377 e.